The van der Waals surface area contributed by atoms with Crippen molar-refractivity contribution >= 4 is 23.7 Å². The number of phenolic OH excluding ortho intramolecular Hbond substituents is 1. The minimum atomic E-state index is -0.413. The Morgan fingerprint density at radius 1 is 1.32 bits per heavy atom. The van der Waals surface area contributed by atoms with Crippen LogP contribution in [-0.2, 0) is 11.2 Å². The lowest BCUT2D eigenvalue weighted by Gasteiger charge is -2.05. The Kier molecular flexibility index (Phi) is 3.47. The second-order valence-corrected chi connectivity index (χ2v) is 4.92. The van der Waals surface area contributed by atoms with Crippen LogP contribution in [0.2, 0.25) is 0 Å². The van der Waals surface area contributed by atoms with E-state index in [9.17, 15) is 14.7 Å². The van der Waals surface area contributed by atoms with Crippen molar-refractivity contribution in [1.29, 1.82) is 0 Å². The molecule has 0 unspecified atom stereocenters. The largest absolute Gasteiger partial charge is 0.507 e. The third-order valence-electron chi connectivity index (χ3n) is 3.64. The Morgan fingerprint density at radius 3 is 2.86 bits per heavy atom. The highest BCUT2D eigenvalue weighted by Gasteiger charge is 2.21. The van der Waals surface area contributed by atoms with E-state index in [1.54, 1.807) is 24.3 Å². The van der Waals surface area contributed by atoms with Crippen molar-refractivity contribution < 1.29 is 19.4 Å². The summed E-state index contributed by atoms with van der Waals surface area (Å²) in [6.07, 6.45) is 1.07. The third kappa shape index (κ3) is 2.26. The molecule has 0 atom stereocenters. The molecule has 0 aromatic heterocycles. The maximum absolute atomic E-state index is 11.6. The van der Waals surface area contributed by atoms with Crippen molar-refractivity contribution in [3.63, 3.8) is 0 Å². The van der Waals surface area contributed by atoms with E-state index < -0.39 is 5.97 Å². The highest BCUT2D eigenvalue weighted by Crippen LogP contribution is 2.35. The van der Waals surface area contributed by atoms with Crippen LogP contribution < -0.4 is 0 Å². The number of esters is 1. The van der Waals surface area contributed by atoms with E-state index in [1.165, 1.54) is 13.2 Å². The summed E-state index contributed by atoms with van der Waals surface area (Å²) in [7, 11) is 1.33. The van der Waals surface area contributed by atoms with Gasteiger partial charge in [0.15, 0.2) is 6.29 Å². The van der Waals surface area contributed by atoms with E-state index in [1.807, 2.05) is 6.07 Å². The number of phenols is 1. The predicted octanol–water partition coefficient (Wildman–Crippen LogP) is 2.67. The Labute approximate surface area is 126 Å². The molecule has 5 heteroatoms. The molecule has 0 bridgehead atoms. The van der Waals surface area contributed by atoms with Gasteiger partial charge in [-0.2, -0.15) is 0 Å². The fourth-order valence-corrected chi connectivity index (χ4v) is 2.53. The van der Waals surface area contributed by atoms with Gasteiger partial charge in [-0.3, -0.25) is 9.79 Å². The molecule has 0 fully saturated rings. The molecule has 0 spiro atoms. The number of fused-ring (bicyclic) bond motifs is 1. The number of aromatic hydroxyl groups is 1. The van der Waals surface area contributed by atoms with Gasteiger partial charge < -0.3 is 9.84 Å². The Bertz CT molecular complexity index is 808. The molecule has 0 saturated carbocycles. The summed E-state index contributed by atoms with van der Waals surface area (Å²) in [6.45, 7) is 0. The molecule has 5 nitrogen and oxygen atoms in total. The average molecular weight is 295 g/mol. The van der Waals surface area contributed by atoms with Gasteiger partial charge in [0.25, 0.3) is 0 Å². The van der Waals surface area contributed by atoms with Crippen LogP contribution in [0.1, 0.15) is 31.8 Å². The topological polar surface area (TPSA) is 76.0 Å². The first-order valence-electron chi connectivity index (χ1n) is 6.70. The van der Waals surface area contributed by atoms with Crippen LogP contribution in [0.4, 0.5) is 5.69 Å². The van der Waals surface area contributed by atoms with Crippen molar-refractivity contribution in [2.24, 2.45) is 4.99 Å². The highest BCUT2D eigenvalue weighted by atomic mass is 16.5. The molecule has 0 aliphatic carbocycles. The van der Waals surface area contributed by atoms with Crippen LogP contribution in [0, 0.1) is 0 Å². The maximum atomic E-state index is 11.6. The number of ether oxygens (including phenoxy) is 1. The van der Waals surface area contributed by atoms with Crippen LogP contribution in [0.15, 0.2) is 41.4 Å². The molecule has 1 aliphatic heterocycles. The van der Waals surface area contributed by atoms with Gasteiger partial charge >= 0.3 is 5.97 Å². The first-order chi connectivity index (χ1) is 10.6. The van der Waals surface area contributed by atoms with Crippen LogP contribution in [0.3, 0.4) is 0 Å². The van der Waals surface area contributed by atoms with Gasteiger partial charge in [-0.05, 0) is 35.4 Å². The van der Waals surface area contributed by atoms with Gasteiger partial charge in [0.2, 0.25) is 0 Å². The summed E-state index contributed by atoms with van der Waals surface area (Å²) in [5.74, 6) is -0.460. The number of nitrogens with zero attached hydrogens (tertiary/aromatic N) is 1. The normalized spacial score (nSPS) is 12.5. The summed E-state index contributed by atoms with van der Waals surface area (Å²) in [4.78, 5) is 27.2. The standard InChI is InChI=1S/C17H13NO4/c1-22-17(21)11-4-2-3-10(7-11)15-8-12-13(9-19)16(20)6-5-14(12)18-15/h2-7,9,20H,8H2,1H3. The molecule has 0 amide bonds. The SMILES string of the molecule is COC(=O)c1cccc(C2=Nc3ccc(O)c(C=O)c3C2)c1. The molecular weight excluding hydrogens is 282 g/mol. The molecule has 0 radical (unpaired) electrons. The quantitative estimate of drug-likeness (QED) is 0.697. The van der Waals surface area contributed by atoms with Gasteiger partial charge in [0.05, 0.1) is 29.6 Å². The van der Waals surface area contributed by atoms with E-state index in [2.05, 4.69) is 4.99 Å². The lowest BCUT2D eigenvalue weighted by atomic mass is 9.99. The molecule has 110 valence electrons. The van der Waals surface area contributed by atoms with Gasteiger partial charge in [0.1, 0.15) is 5.75 Å². The van der Waals surface area contributed by atoms with Crippen LogP contribution in [-0.4, -0.2) is 30.2 Å². The molecule has 3 rings (SSSR count). The van der Waals surface area contributed by atoms with Gasteiger partial charge in [-0.25, -0.2) is 4.79 Å². The Hall–Kier alpha value is -2.95. The molecule has 1 heterocycles. The number of aliphatic imine (C=N–C) groups is 1. The van der Waals surface area contributed by atoms with Crippen molar-refractivity contribution in [2.45, 2.75) is 6.42 Å². The third-order valence-corrected chi connectivity index (χ3v) is 3.64. The molecular formula is C17H13NO4. The number of carbonyl (C=O) groups is 2. The zero-order valence-corrected chi connectivity index (χ0v) is 11.9. The van der Waals surface area contributed by atoms with E-state index in [4.69, 9.17) is 4.74 Å². The fourth-order valence-electron chi connectivity index (χ4n) is 2.53. The van der Waals surface area contributed by atoms with Crippen molar-refractivity contribution in [3.05, 3.63) is 58.7 Å². The van der Waals surface area contributed by atoms with E-state index >= 15 is 0 Å². The number of methoxy groups -OCH3 is 1. The first-order valence-corrected chi connectivity index (χ1v) is 6.70. The second-order valence-electron chi connectivity index (χ2n) is 4.92. The van der Waals surface area contributed by atoms with Gasteiger partial charge in [-0.1, -0.05) is 12.1 Å². The summed E-state index contributed by atoms with van der Waals surface area (Å²) >= 11 is 0. The van der Waals surface area contributed by atoms with E-state index in [-0.39, 0.29) is 11.3 Å². The molecule has 0 saturated heterocycles. The molecule has 1 aliphatic rings. The average Bonchev–Trinajstić information content (AvgIpc) is 2.98. The number of carbonyl (C=O) groups excluding carboxylic acids is 2. The van der Waals surface area contributed by atoms with Gasteiger partial charge in [-0.15, -0.1) is 0 Å². The summed E-state index contributed by atoms with van der Waals surface area (Å²) in [5.41, 5.74) is 3.61. The number of hydrogen-bond acceptors (Lipinski definition) is 5. The summed E-state index contributed by atoms with van der Waals surface area (Å²) < 4.78 is 4.71. The molecule has 1 N–H and O–H groups in total. The monoisotopic (exact) mass is 295 g/mol. The smallest absolute Gasteiger partial charge is 0.337 e. The molecule has 2 aromatic carbocycles. The van der Waals surface area contributed by atoms with Crippen LogP contribution >= 0.6 is 0 Å². The fraction of sp³-hybridized carbons (Fsp3) is 0.118. The van der Waals surface area contributed by atoms with Crippen LogP contribution in [0.5, 0.6) is 5.75 Å². The Morgan fingerprint density at radius 2 is 2.14 bits per heavy atom. The van der Waals surface area contributed by atoms with Crippen molar-refractivity contribution in [2.75, 3.05) is 7.11 Å². The second kappa shape index (κ2) is 5.44. The van der Waals surface area contributed by atoms with Gasteiger partial charge in [0, 0.05) is 6.42 Å². The number of rotatable bonds is 3. The summed E-state index contributed by atoms with van der Waals surface area (Å²) in [5, 5.41) is 9.74. The lowest BCUT2D eigenvalue weighted by molar-refractivity contribution is 0.0600. The highest BCUT2D eigenvalue weighted by molar-refractivity contribution is 6.09. The first kappa shape index (κ1) is 14.0. The van der Waals surface area contributed by atoms with Crippen LogP contribution in [0.25, 0.3) is 0 Å². The molecule has 2 aromatic rings. The van der Waals surface area contributed by atoms with E-state index in [0.29, 0.717) is 29.5 Å². The van der Waals surface area contributed by atoms with Crippen molar-refractivity contribution in [3.8, 4) is 5.75 Å². The Balaban J connectivity index is 1.99. The minimum absolute atomic E-state index is 0.0477. The predicted molar refractivity (Wildman–Crippen MR) is 81.2 cm³/mol. The zero-order valence-electron chi connectivity index (χ0n) is 11.9. The number of hydrogen-bond donors (Lipinski definition) is 1. The minimum Gasteiger partial charge on any atom is -0.507 e. The lowest BCUT2D eigenvalue weighted by Crippen LogP contribution is -2.06. The molecule has 22 heavy (non-hydrogen) atoms. The van der Waals surface area contributed by atoms with E-state index in [0.717, 1.165) is 11.3 Å². The zero-order chi connectivity index (χ0) is 15.7. The maximum Gasteiger partial charge on any atom is 0.337 e. The summed E-state index contributed by atoms with van der Waals surface area (Å²) in [6, 6.07) is 10.1. The van der Waals surface area contributed by atoms with Crippen molar-refractivity contribution in [1.82, 2.24) is 0 Å². The number of aldehydes is 1. The number of benzene rings is 2.